The topological polar surface area (TPSA) is 88.2 Å². The number of halogens is 1. The van der Waals surface area contributed by atoms with E-state index in [1.807, 2.05) is 6.92 Å². The highest BCUT2D eigenvalue weighted by Gasteiger charge is 2.25. The molecule has 3 aromatic carbocycles. The summed E-state index contributed by atoms with van der Waals surface area (Å²) in [6.07, 6.45) is 0.860. The zero-order chi connectivity index (χ0) is 27.7. The van der Waals surface area contributed by atoms with Gasteiger partial charge >= 0.3 is 0 Å². The number of carbonyl (C=O) groups is 1. The summed E-state index contributed by atoms with van der Waals surface area (Å²) in [6.45, 7) is 6.79. The largest absolute Gasteiger partial charge is 0.484 e. The smallest absolute Gasteiger partial charge is 0.264 e. The van der Waals surface area contributed by atoms with Gasteiger partial charge in [0, 0.05) is 24.7 Å². The second-order valence-corrected chi connectivity index (χ2v) is 11.7. The van der Waals surface area contributed by atoms with Gasteiger partial charge in [-0.2, -0.15) is 0 Å². The van der Waals surface area contributed by atoms with Crippen molar-refractivity contribution in [2.75, 3.05) is 50.3 Å². The molecule has 0 radical (unpaired) electrons. The number of rotatable bonds is 12. The normalized spacial score (nSPS) is 14.1. The Morgan fingerprint density at radius 2 is 1.67 bits per heavy atom. The van der Waals surface area contributed by atoms with Crippen LogP contribution in [0.2, 0.25) is 5.02 Å². The quantitative estimate of drug-likeness (QED) is 0.327. The molecular formula is C29H34ClN3O5S. The number of morpholine rings is 1. The molecule has 1 aliphatic rings. The van der Waals surface area contributed by atoms with E-state index in [4.69, 9.17) is 21.1 Å². The molecular weight excluding hydrogens is 538 g/mol. The van der Waals surface area contributed by atoms with Crippen molar-refractivity contribution < 1.29 is 22.7 Å². The Morgan fingerprint density at radius 1 is 1.00 bits per heavy atom. The molecule has 0 spiro atoms. The van der Waals surface area contributed by atoms with Crippen molar-refractivity contribution in [3.8, 4) is 5.75 Å². The molecule has 3 aromatic rings. The number of ether oxygens (including phenoxy) is 2. The maximum absolute atomic E-state index is 13.6. The molecule has 1 N–H and O–H groups in total. The Kier molecular flexibility index (Phi) is 10.2. The lowest BCUT2D eigenvalue weighted by atomic mass is 10.2. The molecule has 1 amide bonds. The summed E-state index contributed by atoms with van der Waals surface area (Å²) in [7, 11) is -3.85. The summed E-state index contributed by atoms with van der Waals surface area (Å²) in [4.78, 5) is 14.7. The van der Waals surface area contributed by atoms with Crippen LogP contribution < -0.4 is 14.4 Å². The first-order chi connectivity index (χ1) is 18.8. The van der Waals surface area contributed by atoms with E-state index in [-0.39, 0.29) is 24.0 Å². The molecule has 0 bridgehead atoms. The fourth-order valence-corrected chi connectivity index (χ4v) is 5.75. The van der Waals surface area contributed by atoms with Gasteiger partial charge in [-0.1, -0.05) is 41.4 Å². The van der Waals surface area contributed by atoms with Crippen LogP contribution >= 0.6 is 11.6 Å². The van der Waals surface area contributed by atoms with E-state index in [0.29, 0.717) is 23.0 Å². The highest BCUT2D eigenvalue weighted by Crippen LogP contribution is 2.28. The number of carbonyl (C=O) groups excluding carboxylic acids is 1. The van der Waals surface area contributed by atoms with Gasteiger partial charge in [-0.05, 0) is 74.0 Å². The monoisotopic (exact) mass is 571 g/mol. The average Bonchev–Trinajstić information content (AvgIpc) is 2.95. The van der Waals surface area contributed by atoms with E-state index in [1.54, 1.807) is 72.8 Å². The highest BCUT2D eigenvalue weighted by molar-refractivity contribution is 7.92. The Morgan fingerprint density at radius 3 is 2.33 bits per heavy atom. The van der Waals surface area contributed by atoms with Crippen LogP contribution in [0.5, 0.6) is 5.75 Å². The molecule has 208 valence electrons. The summed E-state index contributed by atoms with van der Waals surface area (Å²) >= 11 is 6.02. The first-order valence-corrected chi connectivity index (χ1v) is 14.8. The standard InChI is InChI=1S/C29H34ClN3O5S/c1-23-3-13-28(14-4-23)39(35,36)33(21-24-5-7-25(30)8-6-24)26-9-11-27(12-10-26)38-22-29(34)31-15-2-16-32-17-19-37-20-18-32/h3-14H,2,15-22H2,1H3,(H,31,34). The molecule has 0 saturated carbocycles. The highest BCUT2D eigenvalue weighted by atomic mass is 35.5. The maximum atomic E-state index is 13.6. The molecule has 1 saturated heterocycles. The number of sulfonamides is 1. The molecule has 0 atom stereocenters. The minimum atomic E-state index is -3.85. The van der Waals surface area contributed by atoms with E-state index in [0.717, 1.165) is 50.4 Å². The minimum absolute atomic E-state index is 0.118. The maximum Gasteiger partial charge on any atom is 0.264 e. The fourth-order valence-electron chi connectivity index (χ4n) is 4.17. The molecule has 1 fully saturated rings. The zero-order valence-corrected chi connectivity index (χ0v) is 23.6. The third-order valence-electron chi connectivity index (χ3n) is 6.42. The zero-order valence-electron chi connectivity index (χ0n) is 22.0. The molecule has 1 aliphatic heterocycles. The predicted octanol–water partition coefficient (Wildman–Crippen LogP) is 4.26. The number of hydrogen-bond acceptors (Lipinski definition) is 6. The Hall–Kier alpha value is -3.11. The van der Waals surface area contributed by atoms with E-state index in [2.05, 4.69) is 10.2 Å². The number of amides is 1. The van der Waals surface area contributed by atoms with Crippen molar-refractivity contribution in [3.05, 3.63) is 88.9 Å². The number of nitrogens with zero attached hydrogens (tertiary/aromatic N) is 2. The summed E-state index contributed by atoms with van der Waals surface area (Å²) in [5.74, 6) is 0.272. The van der Waals surface area contributed by atoms with E-state index >= 15 is 0 Å². The van der Waals surface area contributed by atoms with Crippen LogP contribution in [0.1, 0.15) is 17.5 Å². The molecule has 10 heteroatoms. The third-order valence-corrected chi connectivity index (χ3v) is 8.46. The second kappa shape index (κ2) is 13.8. The van der Waals surface area contributed by atoms with Crippen LogP contribution in [-0.4, -0.2) is 65.2 Å². The molecule has 0 unspecified atom stereocenters. The van der Waals surface area contributed by atoms with E-state index in [1.165, 1.54) is 4.31 Å². The van der Waals surface area contributed by atoms with Gasteiger partial charge in [-0.3, -0.25) is 14.0 Å². The molecule has 0 aliphatic carbocycles. The van der Waals surface area contributed by atoms with Gasteiger partial charge in [0.25, 0.3) is 15.9 Å². The minimum Gasteiger partial charge on any atom is -0.484 e. The Bertz CT molecular complexity index is 1310. The van der Waals surface area contributed by atoms with Crippen molar-refractivity contribution in [1.29, 1.82) is 0 Å². The first-order valence-electron chi connectivity index (χ1n) is 12.9. The Balaban J connectivity index is 1.38. The first kappa shape index (κ1) is 28.9. The molecule has 8 nitrogen and oxygen atoms in total. The summed E-state index contributed by atoms with van der Waals surface area (Å²) in [6, 6.07) is 20.5. The third kappa shape index (κ3) is 8.44. The predicted molar refractivity (Wildman–Crippen MR) is 153 cm³/mol. The number of nitrogens with one attached hydrogen (secondary N) is 1. The van der Waals surface area contributed by atoms with Gasteiger partial charge in [0.05, 0.1) is 30.3 Å². The van der Waals surface area contributed by atoms with Crippen molar-refractivity contribution in [1.82, 2.24) is 10.2 Å². The van der Waals surface area contributed by atoms with Crippen LogP contribution in [-0.2, 0) is 26.1 Å². The number of hydrogen-bond donors (Lipinski definition) is 1. The van der Waals surface area contributed by atoms with Crippen molar-refractivity contribution in [3.63, 3.8) is 0 Å². The van der Waals surface area contributed by atoms with Gasteiger partial charge in [-0.25, -0.2) is 8.42 Å². The SMILES string of the molecule is Cc1ccc(S(=O)(=O)N(Cc2ccc(Cl)cc2)c2ccc(OCC(=O)NCCCN3CCOCC3)cc2)cc1. The lowest BCUT2D eigenvalue weighted by Gasteiger charge is -2.26. The molecule has 0 aromatic heterocycles. The van der Waals surface area contributed by atoms with Gasteiger partial charge in [-0.15, -0.1) is 0 Å². The van der Waals surface area contributed by atoms with Crippen molar-refractivity contribution in [2.24, 2.45) is 0 Å². The van der Waals surface area contributed by atoms with Crippen LogP contribution in [0, 0.1) is 6.92 Å². The van der Waals surface area contributed by atoms with E-state index in [9.17, 15) is 13.2 Å². The fraction of sp³-hybridized carbons (Fsp3) is 0.345. The Labute approximate surface area is 235 Å². The lowest BCUT2D eigenvalue weighted by Crippen LogP contribution is -2.38. The lowest BCUT2D eigenvalue weighted by molar-refractivity contribution is -0.123. The van der Waals surface area contributed by atoms with Crippen LogP contribution in [0.3, 0.4) is 0 Å². The van der Waals surface area contributed by atoms with Gasteiger partial charge in [0.15, 0.2) is 6.61 Å². The van der Waals surface area contributed by atoms with Crippen LogP contribution in [0.15, 0.2) is 77.7 Å². The summed E-state index contributed by atoms with van der Waals surface area (Å²) in [5.41, 5.74) is 2.24. The average molecular weight is 572 g/mol. The van der Waals surface area contributed by atoms with Gasteiger partial charge in [0.1, 0.15) is 5.75 Å². The number of aryl methyl sites for hydroxylation is 1. The van der Waals surface area contributed by atoms with Gasteiger partial charge in [0.2, 0.25) is 0 Å². The summed E-state index contributed by atoms with van der Waals surface area (Å²) in [5, 5.41) is 3.45. The molecule has 39 heavy (non-hydrogen) atoms. The van der Waals surface area contributed by atoms with E-state index < -0.39 is 10.0 Å². The van der Waals surface area contributed by atoms with Crippen molar-refractivity contribution in [2.45, 2.75) is 24.8 Å². The molecule has 4 rings (SSSR count). The van der Waals surface area contributed by atoms with Crippen LogP contribution in [0.25, 0.3) is 0 Å². The van der Waals surface area contributed by atoms with Crippen LogP contribution in [0.4, 0.5) is 5.69 Å². The number of benzene rings is 3. The number of anilines is 1. The van der Waals surface area contributed by atoms with Crippen molar-refractivity contribution >= 4 is 33.2 Å². The molecule has 1 heterocycles. The summed E-state index contributed by atoms with van der Waals surface area (Å²) < 4.78 is 39.6. The van der Waals surface area contributed by atoms with Gasteiger partial charge < -0.3 is 14.8 Å². The second-order valence-electron chi connectivity index (χ2n) is 9.39.